The van der Waals surface area contributed by atoms with Crippen molar-refractivity contribution >= 4 is 5.91 Å². The van der Waals surface area contributed by atoms with Gasteiger partial charge < -0.3 is 20.1 Å². The first-order valence-electron chi connectivity index (χ1n) is 6.75. The summed E-state index contributed by atoms with van der Waals surface area (Å²) in [5.74, 6) is 1.61. The number of carbonyl (C=O) groups is 1. The molecule has 20 heavy (non-hydrogen) atoms. The van der Waals surface area contributed by atoms with Crippen molar-refractivity contribution in [2.45, 2.75) is 19.9 Å². The lowest BCUT2D eigenvalue weighted by Crippen LogP contribution is -2.32. The van der Waals surface area contributed by atoms with E-state index in [0.29, 0.717) is 36.1 Å². The Labute approximate surface area is 119 Å². The van der Waals surface area contributed by atoms with Crippen LogP contribution in [0.4, 0.5) is 0 Å². The third kappa shape index (κ3) is 2.58. The number of methoxy groups -OCH3 is 2. The average molecular weight is 278 g/mol. The van der Waals surface area contributed by atoms with Gasteiger partial charge in [0, 0.05) is 30.3 Å². The third-order valence-corrected chi connectivity index (χ3v) is 3.96. The summed E-state index contributed by atoms with van der Waals surface area (Å²) in [5, 5.41) is 0. The van der Waals surface area contributed by atoms with Crippen LogP contribution in [0.15, 0.2) is 12.1 Å². The molecule has 1 aromatic rings. The number of ether oxygens (including phenoxy) is 2. The minimum absolute atomic E-state index is 0.0265. The molecule has 0 radical (unpaired) electrons. The number of nitrogens with two attached hydrogens (primary N) is 1. The fraction of sp³-hybridized carbons (Fsp3) is 0.533. The fourth-order valence-corrected chi connectivity index (χ4v) is 2.55. The molecule has 1 heterocycles. The van der Waals surface area contributed by atoms with Crippen molar-refractivity contribution in [3.8, 4) is 11.5 Å². The molecule has 2 atom stereocenters. The van der Waals surface area contributed by atoms with E-state index in [4.69, 9.17) is 15.2 Å². The van der Waals surface area contributed by atoms with Gasteiger partial charge in [-0.3, -0.25) is 4.79 Å². The SMILES string of the molecule is COc1cc(C(=O)N2CC(C)C(N)C2)cc(OC)c1C. The summed E-state index contributed by atoms with van der Waals surface area (Å²) in [4.78, 5) is 14.3. The van der Waals surface area contributed by atoms with Gasteiger partial charge in [-0.15, -0.1) is 0 Å². The third-order valence-electron chi connectivity index (χ3n) is 3.96. The van der Waals surface area contributed by atoms with Crippen LogP contribution in [0.2, 0.25) is 0 Å². The van der Waals surface area contributed by atoms with Gasteiger partial charge in [-0.25, -0.2) is 0 Å². The van der Waals surface area contributed by atoms with E-state index < -0.39 is 0 Å². The van der Waals surface area contributed by atoms with Crippen LogP contribution in [-0.4, -0.2) is 44.2 Å². The van der Waals surface area contributed by atoms with Gasteiger partial charge in [-0.1, -0.05) is 6.92 Å². The Morgan fingerprint density at radius 2 is 1.80 bits per heavy atom. The Kier molecular flexibility index (Phi) is 4.18. The Bertz CT molecular complexity index is 481. The highest BCUT2D eigenvalue weighted by molar-refractivity contribution is 5.95. The molecule has 1 amide bonds. The van der Waals surface area contributed by atoms with Crippen LogP contribution in [0.1, 0.15) is 22.8 Å². The number of hydrogen-bond acceptors (Lipinski definition) is 4. The standard InChI is InChI=1S/C15H22N2O3/c1-9-7-17(8-12(9)16)15(18)11-5-13(19-3)10(2)14(6-11)20-4/h5-6,9,12H,7-8,16H2,1-4H3. The van der Waals surface area contributed by atoms with E-state index in [1.165, 1.54) is 0 Å². The summed E-state index contributed by atoms with van der Waals surface area (Å²) in [6.45, 7) is 5.25. The van der Waals surface area contributed by atoms with E-state index in [1.807, 2.05) is 6.92 Å². The Morgan fingerprint density at radius 1 is 1.25 bits per heavy atom. The lowest BCUT2D eigenvalue weighted by atomic mass is 10.1. The summed E-state index contributed by atoms with van der Waals surface area (Å²) in [6, 6.07) is 3.57. The second-order valence-electron chi connectivity index (χ2n) is 5.36. The van der Waals surface area contributed by atoms with E-state index in [-0.39, 0.29) is 11.9 Å². The molecule has 1 aliphatic heterocycles. The molecule has 2 N–H and O–H groups in total. The zero-order valence-electron chi connectivity index (χ0n) is 12.5. The molecular formula is C15H22N2O3. The number of rotatable bonds is 3. The molecule has 1 saturated heterocycles. The summed E-state index contributed by atoms with van der Waals surface area (Å²) in [6.07, 6.45) is 0. The minimum Gasteiger partial charge on any atom is -0.496 e. The van der Waals surface area contributed by atoms with Crippen molar-refractivity contribution in [1.82, 2.24) is 4.90 Å². The average Bonchev–Trinajstić information content (AvgIpc) is 2.78. The molecule has 1 aliphatic rings. The van der Waals surface area contributed by atoms with Crippen LogP contribution < -0.4 is 15.2 Å². The maximum atomic E-state index is 12.5. The van der Waals surface area contributed by atoms with Crippen LogP contribution in [0.3, 0.4) is 0 Å². The van der Waals surface area contributed by atoms with E-state index in [9.17, 15) is 4.79 Å². The Hall–Kier alpha value is -1.75. The molecule has 2 rings (SSSR count). The van der Waals surface area contributed by atoms with Gasteiger partial charge in [0.15, 0.2) is 0 Å². The number of hydrogen-bond donors (Lipinski definition) is 1. The van der Waals surface area contributed by atoms with Crippen molar-refractivity contribution in [1.29, 1.82) is 0 Å². The van der Waals surface area contributed by atoms with Gasteiger partial charge in [0.1, 0.15) is 11.5 Å². The van der Waals surface area contributed by atoms with Crippen molar-refractivity contribution in [3.63, 3.8) is 0 Å². The van der Waals surface area contributed by atoms with E-state index in [2.05, 4.69) is 6.92 Å². The van der Waals surface area contributed by atoms with Gasteiger partial charge in [0.05, 0.1) is 14.2 Å². The molecule has 0 aromatic heterocycles. The van der Waals surface area contributed by atoms with Crippen LogP contribution in [-0.2, 0) is 0 Å². The van der Waals surface area contributed by atoms with E-state index in [1.54, 1.807) is 31.3 Å². The largest absolute Gasteiger partial charge is 0.496 e. The van der Waals surface area contributed by atoms with Gasteiger partial charge in [0.2, 0.25) is 0 Å². The Morgan fingerprint density at radius 3 is 2.20 bits per heavy atom. The van der Waals surface area contributed by atoms with Crippen LogP contribution >= 0.6 is 0 Å². The number of nitrogens with zero attached hydrogens (tertiary/aromatic N) is 1. The fourth-order valence-electron chi connectivity index (χ4n) is 2.55. The molecule has 5 nitrogen and oxygen atoms in total. The minimum atomic E-state index is -0.0265. The van der Waals surface area contributed by atoms with Crippen LogP contribution in [0.5, 0.6) is 11.5 Å². The van der Waals surface area contributed by atoms with Gasteiger partial charge in [0.25, 0.3) is 5.91 Å². The maximum absolute atomic E-state index is 12.5. The molecule has 2 unspecified atom stereocenters. The predicted molar refractivity (Wildman–Crippen MR) is 77.3 cm³/mol. The van der Waals surface area contributed by atoms with E-state index >= 15 is 0 Å². The molecule has 1 aromatic carbocycles. The van der Waals surface area contributed by atoms with Crippen LogP contribution in [0.25, 0.3) is 0 Å². The molecule has 110 valence electrons. The zero-order chi connectivity index (χ0) is 14.9. The van der Waals surface area contributed by atoms with Crippen molar-refractivity contribution in [3.05, 3.63) is 23.3 Å². The van der Waals surface area contributed by atoms with Gasteiger partial charge in [-0.2, -0.15) is 0 Å². The summed E-state index contributed by atoms with van der Waals surface area (Å²) in [5.41, 5.74) is 7.44. The second-order valence-corrected chi connectivity index (χ2v) is 5.36. The normalized spacial score (nSPS) is 21.9. The number of amides is 1. The summed E-state index contributed by atoms with van der Waals surface area (Å²) >= 11 is 0. The molecule has 1 fully saturated rings. The molecular weight excluding hydrogens is 256 g/mol. The Balaban J connectivity index is 2.31. The lowest BCUT2D eigenvalue weighted by Gasteiger charge is -2.18. The second kappa shape index (κ2) is 5.71. The number of benzene rings is 1. The van der Waals surface area contributed by atoms with Gasteiger partial charge in [-0.05, 0) is 25.0 Å². The van der Waals surface area contributed by atoms with Crippen molar-refractivity contribution in [2.75, 3.05) is 27.3 Å². The summed E-state index contributed by atoms with van der Waals surface area (Å²) in [7, 11) is 3.17. The predicted octanol–water partition coefficient (Wildman–Crippen LogP) is 1.43. The van der Waals surface area contributed by atoms with Crippen LogP contribution in [0, 0.1) is 12.8 Å². The molecule has 0 spiro atoms. The molecule has 5 heteroatoms. The first kappa shape index (κ1) is 14.7. The number of likely N-dealkylation sites (tertiary alicyclic amines) is 1. The first-order valence-corrected chi connectivity index (χ1v) is 6.75. The summed E-state index contributed by atoms with van der Waals surface area (Å²) < 4.78 is 10.6. The quantitative estimate of drug-likeness (QED) is 0.908. The van der Waals surface area contributed by atoms with Crippen molar-refractivity contribution < 1.29 is 14.3 Å². The van der Waals surface area contributed by atoms with Gasteiger partial charge >= 0.3 is 0 Å². The molecule has 0 bridgehead atoms. The lowest BCUT2D eigenvalue weighted by molar-refractivity contribution is 0.0786. The molecule has 0 aliphatic carbocycles. The number of carbonyl (C=O) groups excluding carboxylic acids is 1. The van der Waals surface area contributed by atoms with Crippen molar-refractivity contribution in [2.24, 2.45) is 11.7 Å². The first-order chi connectivity index (χ1) is 9.47. The highest BCUT2D eigenvalue weighted by Crippen LogP contribution is 2.30. The monoisotopic (exact) mass is 278 g/mol. The maximum Gasteiger partial charge on any atom is 0.254 e. The zero-order valence-corrected chi connectivity index (χ0v) is 12.5. The smallest absolute Gasteiger partial charge is 0.254 e. The highest BCUT2D eigenvalue weighted by Gasteiger charge is 2.30. The topological polar surface area (TPSA) is 64.8 Å². The highest BCUT2D eigenvalue weighted by atomic mass is 16.5. The molecule has 0 saturated carbocycles. The van der Waals surface area contributed by atoms with E-state index in [0.717, 1.165) is 5.56 Å².